The summed E-state index contributed by atoms with van der Waals surface area (Å²) in [5.74, 6) is 0.180. The van der Waals surface area contributed by atoms with Crippen molar-refractivity contribution in [3.05, 3.63) is 47.5 Å². The first-order valence-corrected chi connectivity index (χ1v) is 7.17. The van der Waals surface area contributed by atoms with Gasteiger partial charge in [-0.05, 0) is 37.1 Å². The van der Waals surface area contributed by atoms with E-state index >= 15 is 0 Å². The summed E-state index contributed by atoms with van der Waals surface area (Å²) in [7, 11) is 0. The van der Waals surface area contributed by atoms with Crippen LogP contribution in [-0.4, -0.2) is 16.3 Å². The van der Waals surface area contributed by atoms with E-state index in [1.54, 1.807) is 10.7 Å². The maximum absolute atomic E-state index is 14.0. The van der Waals surface area contributed by atoms with Crippen LogP contribution in [0.3, 0.4) is 0 Å². The number of aromatic nitrogens is 2. The van der Waals surface area contributed by atoms with E-state index in [0.29, 0.717) is 18.0 Å². The maximum atomic E-state index is 14.0. The van der Waals surface area contributed by atoms with Crippen molar-refractivity contribution in [3.63, 3.8) is 0 Å². The summed E-state index contributed by atoms with van der Waals surface area (Å²) < 4.78 is 15.8. The van der Waals surface area contributed by atoms with Gasteiger partial charge in [0.25, 0.3) is 0 Å². The van der Waals surface area contributed by atoms with Crippen molar-refractivity contribution >= 4 is 0 Å². The van der Waals surface area contributed by atoms with Gasteiger partial charge in [0.2, 0.25) is 0 Å². The summed E-state index contributed by atoms with van der Waals surface area (Å²) in [5, 5.41) is 7.78. The van der Waals surface area contributed by atoms with Crippen molar-refractivity contribution < 1.29 is 4.39 Å². The zero-order chi connectivity index (χ0) is 14.5. The summed E-state index contributed by atoms with van der Waals surface area (Å²) in [6.45, 7) is 7.69. The molecule has 0 fully saturated rings. The van der Waals surface area contributed by atoms with Crippen LogP contribution < -0.4 is 5.32 Å². The molecule has 108 valence electrons. The largest absolute Gasteiger partial charge is 0.312 e. The number of hydrogen-bond acceptors (Lipinski definition) is 2. The predicted octanol–water partition coefficient (Wildman–Crippen LogP) is 3.63. The zero-order valence-corrected chi connectivity index (χ0v) is 12.4. The van der Waals surface area contributed by atoms with Gasteiger partial charge in [-0.3, -0.25) is 0 Å². The second-order valence-electron chi connectivity index (χ2n) is 5.25. The summed E-state index contributed by atoms with van der Waals surface area (Å²) in [6, 6.07) is 7.12. The van der Waals surface area contributed by atoms with Crippen LogP contribution in [0.4, 0.5) is 4.39 Å². The van der Waals surface area contributed by atoms with Crippen LogP contribution in [0, 0.1) is 5.82 Å². The van der Waals surface area contributed by atoms with E-state index in [4.69, 9.17) is 0 Å². The van der Waals surface area contributed by atoms with E-state index < -0.39 is 0 Å². The molecule has 0 aliphatic heterocycles. The molecule has 0 bridgehead atoms. The Morgan fingerprint density at radius 1 is 1.30 bits per heavy atom. The van der Waals surface area contributed by atoms with E-state index in [1.807, 2.05) is 18.3 Å². The van der Waals surface area contributed by atoms with Crippen molar-refractivity contribution in [3.8, 4) is 5.69 Å². The molecule has 1 aromatic heterocycles. The smallest absolute Gasteiger partial charge is 0.129 e. The molecule has 2 rings (SSSR count). The summed E-state index contributed by atoms with van der Waals surface area (Å²) in [4.78, 5) is 0. The number of rotatable bonds is 6. The second kappa shape index (κ2) is 6.66. The average molecular weight is 275 g/mol. The Bertz CT molecular complexity index is 561. The Labute approximate surface area is 119 Å². The molecule has 0 aliphatic carbocycles. The van der Waals surface area contributed by atoms with Crippen LogP contribution in [0.2, 0.25) is 0 Å². The van der Waals surface area contributed by atoms with Gasteiger partial charge in [0.05, 0.1) is 11.4 Å². The van der Waals surface area contributed by atoms with Gasteiger partial charge < -0.3 is 5.32 Å². The Morgan fingerprint density at radius 3 is 2.75 bits per heavy atom. The highest BCUT2D eigenvalue weighted by Gasteiger charge is 2.11. The van der Waals surface area contributed by atoms with E-state index in [2.05, 4.69) is 31.2 Å². The highest BCUT2D eigenvalue weighted by molar-refractivity contribution is 5.41. The van der Waals surface area contributed by atoms with Crippen LogP contribution in [0.15, 0.2) is 30.5 Å². The molecule has 1 aromatic carbocycles. The summed E-state index contributed by atoms with van der Waals surface area (Å²) >= 11 is 0. The molecule has 0 atom stereocenters. The topological polar surface area (TPSA) is 29.9 Å². The molecule has 1 heterocycles. The average Bonchev–Trinajstić information content (AvgIpc) is 2.90. The molecule has 0 spiro atoms. The minimum absolute atomic E-state index is 0.187. The van der Waals surface area contributed by atoms with E-state index in [9.17, 15) is 4.39 Å². The van der Waals surface area contributed by atoms with Crippen molar-refractivity contribution in [2.24, 2.45) is 0 Å². The van der Waals surface area contributed by atoms with E-state index in [1.165, 1.54) is 6.07 Å². The standard InChI is InChI=1S/C16H22FN3/c1-4-9-18-11-13-14(17)6-5-7-16(13)20-10-8-15(19-20)12(2)3/h5-8,10,12,18H,4,9,11H2,1-3H3. The molecule has 0 saturated heterocycles. The van der Waals surface area contributed by atoms with Gasteiger partial charge in [-0.1, -0.05) is 26.8 Å². The SMILES string of the molecule is CCCNCc1c(F)cccc1-n1ccc(C(C)C)n1. The molecule has 1 N–H and O–H groups in total. The highest BCUT2D eigenvalue weighted by atomic mass is 19.1. The first kappa shape index (κ1) is 14.7. The molecular weight excluding hydrogens is 253 g/mol. The minimum Gasteiger partial charge on any atom is -0.312 e. The maximum Gasteiger partial charge on any atom is 0.129 e. The van der Waals surface area contributed by atoms with Crippen molar-refractivity contribution in [2.75, 3.05) is 6.54 Å². The molecule has 3 nitrogen and oxygen atoms in total. The van der Waals surface area contributed by atoms with Crippen LogP contribution in [-0.2, 0) is 6.54 Å². The second-order valence-corrected chi connectivity index (χ2v) is 5.25. The third kappa shape index (κ3) is 3.25. The fraction of sp³-hybridized carbons (Fsp3) is 0.438. The Balaban J connectivity index is 2.31. The lowest BCUT2D eigenvalue weighted by atomic mass is 10.1. The van der Waals surface area contributed by atoms with Gasteiger partial charge in [-0.15, -0.1) is 0 Å². The van der Waals surface area contributed by atoms with Gasteiger partial charge in [0.1, 0.15) is 5.82 Å². The summed E-state index contributed by atoms with van der Waals surface area (Å²) in [5.41, 5.74) is 2.49. The molecule has 4 heteroatoms. The van der Waals surface area contributed by atoms with Gasteiger partial charge in [-0.25, -0.2) is 9.07 Å². The van der Waals surface area contributed by atoms with Crippen molar-refractivity contribution in [2.45, 2.75) is 39.7 Å². The third-order valence-corrected chi connectivity index (χ3v) is 3.27. The first-order valence-electron chi connectivity index (χ1n) is 7.17. The minimum atomic E-state index is -0.187. The molecule has 0 amide bonds. The highest BCUT2D eigenvalue weighted by Crippen LogP contribution is 2.19. The first-order chi connectivity index (χ1) is 9.63. The number of benzene rings is 1. The molecule has 0 radical (unpaired) electrons. The fourth-order valence-electron chi connectivity index (χ4n) is 2.11. The molecule has 0 unspecified atom stereocenters. The lowest BCUT2D eigenvalue weighted by Crippen LogP contribution is -2.17. The number of nitrogens with one attached hydrogen (secondary N) is 1. The number of hydrogen-bond donors (Lipinski definition) is 1. The predicted molar refractivity (Wildman–Crippen MR) is 79.6 cm³/mol. The van der Waals surface area contributed by atoms with Gasteiger partial charge >= 0.3 is 0 Å². The van der Waals surface area contributed by atoms with Gasteiger partial charge in [0.15, 0.2) is 0 Å². The van der Waals surface area contributed by atoms with Crippen LogP contribution >= 0.6 is 0 Å². The zero-order valence-electron chi connectivity index (χ0n) is 12.4. The monoisotopic (exact) mass is 275 g/mol. The summed E-state index contributed by atoms with van der Waals surface area (Å²) in [6.07, 6.45) is 2.93. The lowest BCUT2D eigenvalue weighted by Gasteiger charge is -2.11. The molecule has 0 aliphatic rings. The van der Waals surface area contributed by atoms with Crippen molar-refractivity contribution in [1.29, 1.82) is 0 Å². The van der Waals surface area contributed by atoms with Gasteiger partial charge in [0, 0.05) is 18.3 Å². The fourth-order valence-corrected chi connectivity index (χ4v) is 2.11. The van der Waals surface area contributed by atoms with Crippen LogP contribution in [0.5, 0.6) is 0 Å². The normalized spacial score (nSPS) is 11.2. The molecule has 0 saturated carbocycles. The van der Waals surface area contributed by atoms with Crippen molar-refractivity contribution in [1.82, 2.24) is 15.1 Å². The Hall–Kier alpha value is -1.68. The number of halogens is 1. The lowest BCUT2D eigenvalue weighted by molar-refractivity contribution is 0.581. The number of nitrogens with zero attached hydrogens (tertiary/aromatic N) is 2. The Morgan fingerprint density at radius 2 is 2.10 bits per heavy atom. The van der Waals surface area contributed by atoms with Crippen LogP contribution in [0.1, 0.15) is 44.4 Å². The van der Waals surface area contributed by atoms with E-state index in [0.717, 1.165) is 24.3 Å². The van der Waals surface area contributed by atoms with Gasteiger partial charge in [-0.2, -0.15) is 5.10 Å². The van der Waals surface area contributed by atoms with E-state index in [-0.39, 0.29) is 5.82 Å². The molecular formula is C16H22FN3. The molecule has 2 aromatic rings. The third-order valence-electron chi connectivity index (χ3n) is 3.27. The quantitative estimate of drug-likeness (QED) is 0.816. The molecule has 20 heavy (non-hydrogen) atoms. The van der Waals surface area contributed by atoms with Crippen LogP contribution in [0.25, 0.3) is 5.69 Å². The Kier molecular flexibility index (Phi) is 4.90.